The van der Waals surface area contributed by atoms with Gasteiger partial charge in [-0.25, -0.2) is 4.68 Å². The zero-order valence-corrected chi connectivity index (χ0v) is 24.7. The quantitative estimate of drug-likeness (QED) is 0.0706. The highest BCUT2D eigenvalue weighted by molar-refractivity contribution is 7.66. The number of aliphatic hydroxyl groups is 4. The van der Waals surface area contributed by atoms with Crippen LogP contribution in [0.2, 0.25) is 0 Å². The summed E-state index contributed by atoms with van der Waals surface area (Å²) in [5.41, 5.74) is 6.13. The highest BCUT2D eigenvalue weighted by Crippen LogP contribution is 2.65. The van der Waals surface area contributed by atoms with Gasteiger partial charge in [0, 0.05) is 16.6 Å². The number of ether oxygens (including phenoxy) is 2. The Bertz CT molecular complexity index is 1470. The van der Waals surface area contributed by atoms with E-state index in [9.17, 15) is 44.8 Å². The second kappa shape index (κ2) is 13.5. The largest absolute Gasteiger partial charge is 0.603 e. The smallest absolute Gasteiger partial charge is 0.434 e. The van der Waals surface area contributed by atoms with Crippen LogP contribution >= 0.6 is 16.3 Å². The lowest BCUT2D eigenvalue weighted by Crippen LogP contribution is -2.46. The number of aromatic nitrogens is 5. The molecule has 8 N–H and O–H groups in total. The normalized spacial score (nSPS) is 31.0. The zero-order valence-electron chi connectivity index (χ0n) is 22.9. The van der Waals surface area contributed by atoms with Crippen LogP contribution in [0.4, 0.5) is 0 Å². The van der Waals surface area contributed by atoms with Crippen LogP contribution < -0.4 is 20.1 Å². The number of amides is 1. The van der Waals surface area contributed by atoms with Crippen molar-refractivity contribution in [2.24, 2.45) is 5.73 Å². The molecule has 45 heavy (non-hydrogen) atoms. The number of hydrogen-bond donors (Lipinski definition) is 7. The second-order valence-electron chi connectivity index (χ2n) is 9.91. The summed E-state index contributed by atoms with van der Waals surface area (Å²) in [4.78, 5) is 60.5. The first-order valence-electron chi connectivity index (χ1n) is 13.1. The molecule has 2 aliphatic heterocycles. The van der Waals surface area contributed by atoms with Crippen molar-refractivity contribution in [3.8, 4) is 11.4 Å². The van der Waals surface area contributed by atoms with E-state index in [4.69, 9.17) is 24.3 Å². The molecule has 3 aromatic rings. The fourth-order valence-electron chi connectivity index (χ4n) is 4.54. The van der Waals surface area contributed by atoms with Crippen molar-refractivity contribution in [2.45, 2.75) is 49.1 Å². The number of aliphatic hydroxyl groups excluding tert-OH is 4. The third kappa shape index (κ3) is 7.80. The molecule has 3 aromatic heterocycles. The Hall–Kier alpha value is -2.75. The lowest BCUT2D eigenvalue weighted by molar-refractivity contribution is -0.765. The Balaban J connectivity index is 1.13. The minimum atomic E-state index is -5.36. The van der Waals surface area contributed by atoms with Gasteiger partial charge in [-0.3, -0.25) is 9.78 Å². The molecule has 5 rings (SSSR count). The molecule has 0 saturated carbocycles. The van der Waals surface area contributed by atoms with Gasteiger partial charge in [0.05, 0.1) is 11.9 Å². The molecular formula is C23H29N6O14P2+. The topological polar surface area (TPSA) is 304 Å². The summed E-state index contributed by atoms with van der Waals surface area (Å²) in [7, 11) is -10.7. The van der Waals surface area contributed by atoms with Crippen LogP contribution in [0.1, 0.15) is 22.8 Å². The maximum atomic E-state index is 12.4. The molecule has 2 unspecified atom stereocenters. The first-order valence-corrected chi connectivity index (χ1v) is 16.1. The number of pyridine rings is 2. The number of rotatable bonds is 12. The standard InChI is InChI=1S/C23H28N6O14P2/c24-21(34)12-4-3-7-28(8-12)22-19(32)17(30)15(41-22)10-39-44(35,36)43-45(37,38)40-11-16-18(31)20(33)23(42-16)29-9-14(26-27-29)13-5-1-2-6-25-13/h1-9,15-20,22-23,30-33H,10-11H2,(H3-,24,34,35,36,37,38)/p+1/t15-,16+,17-,18+,19-,20+,22-,23+/m1/s1. The van der Waals surface area contributed by atoms with E-state index in [2.05, 4.69) is 19.6 Å². The molecule has 0 aromatic carbocycles. The van der Waals surface area contributed by atoms with E-state index < -0.39 is 84.5 Å². The minimum absolute atomic E-state index is 0.0724. The van der Waals surface area contributed by atoms with Crippen LogP contribution in [-0.2, 0) is 22.8 Å². The van der Waals surface area contributed by atoms with Gasteiger partial charge in [-0.1, -0.05) is 11.3 Å². The molecule has 0 radical (unpaired) electrons. The van der Waals surface area contributed by atoms with Gasteiger partial charge in [-0.15, -0.1) is 5.10 Å². The van der Waals surface area contributed by atoms with Crippen molar-refractivity contribution < 1.29 is 72.2 Å². The number of phosphoric acid groups is 2. The van der Waals surface area contributed by atoms with E-state index in [1.165, 1.54) is 41.5 Å². The Morgan fingerprint density at radius 3 is 2.27 bits per heavy atom. The van der Waals surface area contributed by atoms with Crippen LogP contribution in [-0.4, -0.2) is 106 Å². The summed E-state index contributed by atoms with van der Waals surface area (Å²) >= 11 is 0. The number of primary amides is 1. The number of phosphoric ester groups is 2. The molecule has 244 valence electrons. The molecule has 0 spiro atoms. The average molecular weight is 675 g/mol. The number of carbonyl (C=O) groups excluding carboxylic acids is 1. The molecule has 20 nitrogen and oxygen atoms in total. The third-order valence-electron chi connectivity index (χ3n) is 6.78. The van der Waals surface area contributed by atoms with Crippen LogP contribution in [0.3, 0.4) is 0 Å². The van der Waals surface area contributed by atoms with Crippen molar-refractivity contribution in [3.63, 3.8) is 0 Å². The molecule has 2 fully saturated rings. The van der Waals surface area contributed by atoms with Crippen LogP contribution in [0.15, 0.2) is 55.1 Å². The van der Waals surface area contributed by atoms with Crippen molar-refractivity contribution in [3.05, 3.63) is 60.7 Å². The van der Waals surface area contributed by atoms with Crippen molar-refractivity contribution in [1.82, 2.24) is 20.0 Å². The van der Waals surface area contributed by atoms with Crippen molar-refractivity contribution in [2.75, 3.05) is 13.2 Å². The molecule has 2 saturated heterocycles. The van der Waals surface area contributed by atoms with Gasteiger partial charge in [-0.2, -0.15) is 23.4 Å². The predicted molar refractivity (Wildman–Crippen MR) is 142 cm³/mol. The highest BCUT2D eigenvalue weighted by atomic mass is 31.3. The summed E-state index contributed by atoms with van der Waals surface area (Å²) in [6.45, 7) is -1.78. The minimum Gasteiger partial charge on any atom is -0.603 e. The maximum absolute atomic E-state index is 12.4. The van der Waals surface area contributed by atoms with E-state index in [0.717, 1.165) is 4.68 Å². The van der Waals surface area contributed by atoms with Gasteiger partial charge in [0.25, 0.3) is 12.1 Å². The third-order valence-corrected chi connectivity index (χ3v) is 9.39. The first-order chi connectivity index (χ1) is 21.2. The monoisotopic (exact) mass is 675 g/mol. The average Bonchev–Trinajstić information content (AvgIpc) is 3.68. The summed E-state index contributed by atoms with van der Waals surface area (Å²) in [5, 5.41) is 49.4. The van der Waals surface area contributed by atoms with Crippen LogP contribution in [0, 0.1) is 0 Å². The van der Waals surface area contributed by atoms with Gasteiger partial charge in [0.15, 0.2) is 24.7 Å². The van der Waals surface area contributed by atoms with Gasteiger partial charge in [0.2, 0.25) is 0 Å². The number of nitrogens with zero attached hydrogens (tertiary/aromatic N) is 5. The molecule has 5 heterocycles. The highest BCUT2D eigenvalue weighted by Gasteiger charge is 2.53. The molecule has 1 amide bonds. The molecule has 2 aliphatic rings. The Morgan fingerprint density at radius 2 is 1.62 bits per heavy atom. The molecule has 0 aliphatic carbocycles. The van der Waals surface area contributed by atoms with E-state index in [1.54, 1.807) is 18.2 Å². The van der Waals surface area contributed by atoms with E-state index in [1.807, 2.05) is 0 Å². The fraction of sp³-hybridized carbons (Fsp3) is 0.435. The molecule has 10 atom stereocenters. The molecule has 0 bridgehead atoms. The van der Waals surface area contributed by atoms with E-state index in [0.29, 0.717) is 11.4 Å². The van der Waals surface area contributed by atoms with Crippen molar-refractivity contribution in [1.29, 1.82) is 0 Å². The lowest BCUT2D eigenvalue weighted by Gasteiger charge is -2.25. The number of carbonyl (C=O) groups is 1. The van der Waals surface area contributed by atoms with E-state index in [-0.39, 0.29) is 5.56 Å². The SMILES string of the molecule is NC(=O)c1ccc[n+]([C@@H]2O[C@H](CO[P+]([O-])(O)O[P+]([O-])(O)OC[C@@H]3O[C@H](n4cc(-c5ccccn5)nn4)[C@@H](O)[C@H]3O)[C@@H](O)[C@H]2O)c1. The summed E-state index contributed by atoms with van der Waals surface area (Å²) < 4.78 is 27.0. The predicted octanol–water partition coefficient (Wildman–Crippen LogP) is -4.22. The lowest BCUT2D eigenvalue weighted by atomic mass is 10.1. The van der Waals surface area contributed by atoms with E-state index >= 15 is 0 Å². The van der Waals surface area contributed by atoms with Gasteiger partial charge < -0.3 is 45.4 Å². The van der Waals surface area contributed by atoms with Crippen molar-refractivity contribution >= 4 is 22.2 Å². The van der Waals surface area contributed by atoms with Crippen LogP contribution in [0.25, 0.3) is 11.4 Å². The van der Waals surface area contributed by atoms with Gasteiger partial charge >= 0.3 is 16.3 Å². The van der Waals surface area contributed by atoms with Crippen LogP contribution in [0.5, 0.6) is 0 Å². The summed E-state index contributed by atoms with van der Waals surface area (Å²) in [5.74, 6) is -0.762. The Morgan fingerprint density at radius 1 is 0.956 bits per heavy atom. The Labute approximate surface area is 254 Å². The van der Waals surface area contributed by atoms with Gasteiger partial charge in [-0.05, 0) is 18.2 Å². The summed E-state index contributed by atoms with van der Waals surface area (Å²) in [6, 6.07) is 7.94. The first kappa shape index (κ1) is 33.6. The second-order valence-corrected chi connectivity index (χ2v) is 12.9. The Kier molecular flexibility index (Phi) is 10.1. The molecule has 22 heteroatoms. The summed E-state index contributed by atoms with van der Waals surface area (Å²) in [6.07, 6.45) is -6.21. The number of hydrogen-bond acceptors (Lipinski definition) is 17. The number of nitrogens with two attached hydrogens (primary N) is 1. The maximum Gasteiger partial charge on any atom is 0.434 e. The van der Waals surface area contributed by atoms with Gasteiger partial charge in [0.1, 0.15) is 55.0 Å². The fourth-order valence-corrected chi connectivity index (χ4v) is 6.63. The zero-order chi connectivity index (χ0) is 32.5. The molecular weight excluding hydrogens is 646 g/mol.